The molecule has 1 saturated heterocycles. The second-order valence-electron chi connectivity index (χ2n) is 10.5. The topological polar surface area (TPSA) is 46.6 Å². The van der Waals surface area contributed by atoms with Crippen LogP contribution in [0.5, 0.6) is 0 Å². The Morgan fingerprint density at radius 2 is 1.78 bits per heavy atom. The van der Waals surface area contributed by atoms with Gasteiger partial charge in [-0.3, -0.25) is 4.79 Å². The quantitative estimate of drug-likeness (QED) is 0.484. The fraction of sp³-hybridized carbons (Fsp3) is 0.909. The Hall–Kier alpha value is -0.580. The van der Waals surface area contributed by atoms with Crippen LogP contribution < -0.4 is 0 Å². The molecule has 27 heavy (non-hydrogen) atoms. The van der Waals surface area contributed by atoms with Crippen LogP contribution in [0.2, 0.25) is 0 Å². The Morgan fingerprint density at radius 1 is 1.07 bits per heavy atom. The van der Waals surface area contributed by atoms with E-state index in [1.54, 1.807) is 0 Å². The van der Waals surface area contributed by atoms with Crippen molar-refractivity contribution in [3.63, 3.8) is 0 Å². The molecule has 5 heteroatoms. The molecule has 1 aliphatic heterocycles. The maximum atomic E-state index is 13.6. The molecule has 4 nitrogen and oxygen atoms in total. The number of halogens is 1. The number of amides is 1. The maximum Gasteiger partial charge on any atom is 0.328 e. The molecule has 5 atom stereocenters. The van der Waals surface area contributed by atoms with Crippen LogP contribution in [0, 0.1) is 23.2 Å². The van der Waals surface area contributed by atoms with Gasteiger partial charge in [0.2, 0.25) is 5.91 Å². The van der Waals surface area contributed by atoms with E-state index in [0.29, 0.717) is 12.3 Å². The summed E-state index contributed by atoms with van der Waals surface area (Å²) in [5.74, 6) is 2.09. The molecule has 6 rings (SSSR count). The fourth-order valence-corrected chi connectivity index (χ4v) is 9.63. The van der Waals surface area contributed by atoms with Gasteiger partial charge in [-0.2, -0.15) is 0 Å². The summed E-state index contributed by atoms with van der Waals surface area (Å²) in [6, 6.07) is -0.0790. The molecule has 0 aromatic rings. The highest BCUT2D eigenvalue weighted by Crippen LogP contribution is 2.65. The lowest BCUT2D eigenvalue weighted by molar-refractivity contribution is -0.155. The number of ether oxygens (including phenoxy) is 1. The SMILES string of the molecule is COC(=O)[C@@H]1C[C@H]2CCCC[C@@H]2N1C(=O)CC12C[C@H]3C[C@@H](CC(Br)(C3)C1)C2. The Kier molecular flexibility index (Phi) is 4.42. The molecule has 0 aromatic carbocycles. The number of alkyl halides is 1. The molecule has 4 bridgehead atoms. The average molecular weight is 438 g/mol. The first-order valence-electron chi connectivity index (χ1n) is 11.0. The van der Waals surface area contributed by atoms with Crippen molar-refractivity contribution in [1.82, 2.24) is 4.90 Å². The second kappa shape index (κ2) is 6.47. The normalized spacial score (nSPS) is 47.8. The highest BCUT2D eigenvalue weighted by Gasteiger charge is 2.58. The van der Waals surface area contributed by atoms with Gasteiger partial charge < -0.3 is 9.64 Å². The molecule has 0 N–H and O–H groups in total. The number of hydrogen-bond donors (Lipinski definition) is 0. The van der Waals surface area contributed by atoms with E-state index in [-0.39, 0.29) is 33.7 Å². The van der Waals surface area contributed by atoms with Crippen LogP contribution in [-0.2, 0) is 14.3 Å². The van der Waals surface area contributed by atoms with Crippen molar-refractivity contribution in [2.75, 3.05) is 7.11 Å². The Morgan fingerprint density at radius 3 is 2.44 bits per heavy atom. The summed E-state index contributed by atoms with van der Waals surface area (Å²) >= 11 is 4.07. The first-order valence-corrected chi connectivity index (χ1v) is 11.8. The van der Waals surface area contributed by atoms with Crippen LogP contribution in [0.15, 0.2) is 0 Å². The fourth-order valence-electron chi connectivity index (χ4n) is 8.12. The van der Waals surface area contributed by atoms with Crippen molar-refractivity contribution in [2.24, 2.45) is 23.2 Å². The molecule has 0 radical (unpaired) electrons. The van der Waals surface area contributed by atoms with Crippen molar-refractivity contribution >= 4 is 27.8 Å². The summed E-state index contributed by atoms with van der Waals surface area (Å²) in [7, 11) is 1.46. The van der Waals surface area contributed by atoms with Crippen molar-refractivity contribution in [3.05, 3.63) is 0 Å². The van der Waals surface area contributed by atoms with Crippen LogP contribution >= 0.6 is 15.9 Å². The third kappa shape index (κ3) is 3.07. The number of fused-ring (bicyclic) bond motifs is 1. The Balaban J connectivity index is 1.38. The largest absolute Gasteiger partial charge is 0.467 e. The number of methoxy groups -OCH3 is 1. The number of hydrogen-bond acceptors (Lipinski definition) is 3. The van der Waals surface area contributed by atoms with E-state index in [9.17, 15) is 9.59 Å². The average Bonchev–Trinajstić information content (AvgIpc) is 2.98. The third-order valence-electron chi connectivity index (χ3n) is 8.49. The molecular formula is C22H32BrNO3. The molecular weight excluding hydrogens is 406 g/mol. The molecule has 0 unspecified atom stereocenters. The van der Waals surface area contributed by atoms with Crippen molar-refractivity contribution in [2.45, 2.75) is 93.5 Å². The van der Waals surface area contributed by atoms with Gasteiger partial charge in [-0.15, -0.1) is 0 Å². The first-order chi connectivity index (χ1) is 12.9. The molecule has 0 aromatic heterocycles. The molecule has 5 aliphatic carbocycles. The van der Waals surface area contributed by atoms with E-state index in [1.807, 2.05) is 4.90 Å². The van der Waals surface area contributed by atoms with Crippen molar-refractivity contribution in [1.29, 1.82) is 0 Å². The molecule has 150 valence electrons. The second-order valence-corrected chi connectivity index (χ2v) is 12.2. The Labute approximate surface area is 170 Å². The van der Waals surface area contributed by atoms with Crippen molar-refractivity contribution < 1.29 is 14.3 Å². The lowest BCUT2D eigenvalue weighted by atomic mass is 9.48. The van der Waals surface area contributed by atoms with E-state index in [0.717, 1.165) is 37.5 Å². The van der Waals surface area contributed by atoms with Gasteiger partial charge in [0.05, 0.1) is 7.11 Å². The van der Waals surface area contributed by atoms with Gasteiger partial charge in [0.25, 0.3) is 0 Å². The monoisotopic (exact) mass is 437 g/mol. The number of carbonyl (C=O) groups is 2. The Bertz CT molecular complexity index is 635. The minimum absolute atomic E-state index is 0.165. The zero-order valence-electron chi connectivity index (χ0n) is 16.4. The van der Waals surface area contributed by atoms with Gasteiger partial charge in [-0.25, -0.2) is 4.79 Å². The zero-order valence-corrected chi connectivity index (χ0v) is 18.0. The predicted octanol–water partition coefficient (Wildman–Crippen LogP) is 4.44. The van der Waals surface area contributed by atoms with Gasteiger partial charge in [-0.05, 0) is 81.0 Å². The zero-order chi connectivity index (χ0) is 18.8. The lowest BCUT2D eigenvalue weighted by Gasteiger charge is -2.60. The lowest BCUT2D eigenvalue weighted by Crippen LogP contribution is -2.55. The number of esters is 1. The standard InChI is InChI=1S/C22H32BrNO3/c1-27-20(26)18-7-16-4-2-3-5-17(16)24(18)19(25)12-21-8-14-6-15(9-21)11-22(23,10-14)13-21/h14-18H,2-13H2,1H3/t14-,15-,16-,17+,18+,21?,22?/m1/s1. The van der Waals surface area contributed by atoms with Crippen LogP contribution in [0.3, 0.4) is 0 Å². The van der Waals surface area contributed by atoms with Crippen LogP contribution in [0.25, 0.3) is 0 Å². The van der Waals surface area contributed by atoms with E-state index in [1.165, 1.54) is 52.1 Å². The summed E-state index contributed by atoms with van der Waals surface area (Å²) in [5, 5.41) is 0. The molecule has 6 fully saturated rings. The van der Waals surface area contributed by atoms with E-state index in [4.69, 9.17) is 4.74 Å². The third-order valence-corrected chi connectivity index (χ3v) is 9.41. The van der Waals surface area contributed by atoms with Crippen LogP contribution in [-0.4, -0.2) is 40.3 Å². The summed E-state index contributed by atoms with van der Waals surface area (Å²) in [6.45, 7) is 0. The number of nitrogens with zero attached hydrogens (tertiary/aromatic N) is 1. The summed E-state index contributed by atoms with van der Waals surface area (Å²) in [5.41, 5.74) is 0.165. The number of carbonyl (C=O) groups excluding carboxylic acids is 2. The first kappa shape index (κ1) is 18.4. The van der Waals surface area contributed by atoms with Gasteiger partial charge in [-0.1, -0.05) is 28.8 Å². The molecule has 0 spiro atoms. The molecule has 5 saturated carbocycles. The van der Waals surface area contributed by atoms with Crippen LogP contribution in [0.1, 0.15) is 77.0 Å². The van der Waals surface area contributed by atoms with Gasteiger partial charge >= 0.3 is 5.97 Å². The molecule has 1 amide bonds. The number of likely N-dealkylation sites (tertiary alicyclic amines) is 1. The van der Waals surface area contributed by atoms with E-state index >= 15 is 0 Å². The smallest absolute Gasteiger partial charge is 0.328 e. The molecule has 6 aliphatic rings. The van der Waals surface area contributed by atoms with Gasteiger partial charge in [0.1, 0.15) is 6.04 Å². The summed E-state index contributed by atoms with van der Waals surface area (Å²) in [6.07, 6.45) is 13.6. The highest BCUT2D eigenvalue weighted by atomic mass is 79.9. The summed E-state index contributed by atoms with van der Waals surface area (Å²) in [4.78, 5) is 28.1. The summed E-state index contributed by atoms with van der Waals surface area (Å²) < 4.78 is 5.37. The van der Waals surface area contributed by atoms with Gasteiger partial charge in [0, 0.05) is 16.8 Å². The minimum atomic E-state index is -0.345. The van der Waals surface area contributed by atoms with E-state index in [2.05, 4.69) is 15.9 Å². The van der Waals surface area contributed by atoms with Crippen LogP contribution in [0.4, 0.5) is 0 Å². The number of rotatable bonds is 3. The maximum absolute atomic E-state index is 13.6. The highest BCUT2D eigenvalue weighted by molar-refractivity contribution is 9.10. The predicted molar refractivity (Wildman–Crippen MR) is 106 cm³/mol. The molecule has 1 heterocycles. The van der Waals surface area contributed by atoms with Crippen molar-refractivity contribution in [3.8, 4) is 0 Å². The minimum Gasteiger partial charge on any atom is -0.467 e. The van der Waals surface area contributed by atoms with E-state index < -0.39 is 0 Å². The van der Waals surface area contributed by atoms with Gasteiger partial charge in [0.15, 0.2) is 0 Å².